The van der Waals surface area contributed by atoms with Crippen LogP contribution in [-0.2, 0) is 11.3 Å². The molecule has 0 saturated carbocycles. The van der Waals surface area contributed by atoms with Crippen LogP contribution in [0, 0.1) is 20.7 Å². The normalized spacial score (nSPS) is 16.4. The molecule has 0 bridgehead atoms. The molecule has 1 aliphatic heterocycles. The smallest absolute Gasteiger partial charge is 0.244 e. The molecular weight excluding hydrogens is 514 g/mol. The Labute approximate surface area is 192 Å². The zero-order chi connectivity index (χ0) is 22.1. The zero-order valence-corrected chi connectivity index (χ0v) is 19.2. The monoisotopic (exact) mass is 534 g/mol. The number of halogens is 2. The topological polar surface area (TPSA) is 87.3 Å². The Balaban J connectivity index is 1.50. The van der Waals surface area contributed by atoms with Crippen LogP contribution in [-0.4, -0.2) is 58.4 Å². The Morgan fingerprint density at radius 3 is 2.94 bits per heavy atom. The molecule has 2 aromatic heterocycles. The predicted octanol–water partition coefficient (Wildman–Crippen LogP) is 2.79. The van der Waals surface area contributed by atoms with Crippen LogP contribution in [0.25, 0.3) is 11.0 Å². The van der Waals surface area contributed by atoms with Crippen LogP contribution < -0.4 is 9.64 Å². The summed E-state index contributed by atoms with van der Waals surface area (Å²) in [6.45, 7) is 3.37. The van der Waals surface area contributed by atoms with Crippen molar-refractivity contribution in [1.29, 1.82) is 5.26 Å². The number of fused-ring (bicyclic) bond motifs is 1. The van der Waals surface area contributed by atoms with Crippen molar-refractivity contribution >= 4 is 45.2 Å². The summed E-state index contributed by atoms with van der Waals surface area (Å²) in [7, 11) is 1.56. The molecule has 0 N–H and O–H groups in total. The zero-order valence-electron chi connectivity index (χ0n) is 17.0. The summed E-state index contributed by atoms with van der Waals surface area (Å²) in [5, 5.41) is 14.2. The van der Waals surface area contributed by atoms with Gasteiger partial charge in [0.05, 0.1) is 21.8 Å². The first-order valence-corrected chi connectivity index (χ1v) is 10.8. The number of ether oxygens (including phenoxy) is 1. The van der Waals surface area contributed by atoms with Gasteiger partial charge in [0.25, 0.3) is 0 Å². The third-order valence-electron chi connectivity index (χ3n) is 5.41. The molecule has 0 unspecified atom stereocenters. The van der Waals surface area contributed by atoms with Crippen molar-refractivity contribution in [2.45, 2.75) is 19.5 Å². The number of anilines is 1. The van der Waals surface area contributed by atoms with Gasteiger partial charge in [-0.25, -0.2) is 14.1 Å². The number of hydrogen-bond donors (Lipinski definition) is 0. The van der Waals surface area contributed by atoms with Crippen molar-refractivity contribution in [1.82, 2.24) is 19.7 Å². The molecule has 4 rings (SSSR count). The molecule has 0 spiro atoms. The van der Waals surface area contributed by atoms with E-state index < -0.39 is 0 Å². The molecule has 1 atom stereocenters. The van der Waals surface area contributed by atoms with Gasteiger partial charge in [0.2, 0.25) is 5.91 Å². The van der Waals surface area contributed by atoms with Crippen LogP contribution in [0.2, 0.25) is 0 Å². The van der Waals surface area contributed by atoms with E-state index in [9.17, 15) is 14.4 Å². The molecule has 0 radical (unpaired) electrons. The molecule has 1 fully saturated rings. The molecule has 1 saturated heterocycles. The summed E-state index contributed by atoms with van der Waals surface area (Å²) >= 11 is 2.04. The van der Waals surface area contributed by atoms with Gasteiger partial charge in [0.15, 0.2) is 11.3 Å². The van der Waals surface area contributed by atoms with E-state index in [0.29, 0.717) is 45.7 Å². The Morgan fingerprint density at radius 1 is 1.42 bits per heavy atom. The summed E-state index contributed by atoms with van der Waals surface area (Å²) in [6.07, 6.45) is 1.61. The molecule has 1 aromatic carbocycles. The first-order valence-electron chi connectivity index (χ1n) is 9.72. The van der Waals surface area contributed by atoms with Gasteiger partial charge >= 0.3 is 0 Å². The minimum Gasteiger partial charge on any atom is -0.496 e. The maximum Gasteiger partial charge on any atom is 0.244 e. The highest BCUT2D eigenvalue weighted by Crippen LogP contribution is 2.31. The molecule has 10 heteroatoms. The van der Waals surface area contributed by atoms with Gasteiger partial charge in [0, 0.05) is 37.9 Å². The number of methoxy groups -OCH3 is 1. The summed E-state index contributed by atoms with van der Waals surface area (Å²) in [4.78, 5) is 21.0. The second-order valence-corrected chi connectivity index (χ2v) is 8.48. The summed E-state index contributed by atoms with van der Waals surface area (Å²) in [6, 6.07) is 8.57. The van der Waals surface area contributed by atoms with Crippen molar-refractivity contribution < 1.29 is 13.9 Å². The average Bonchev–Trinajstić information content (AvgIpc) is 3.11. The number of aromatic nitrogens is 3. The second kappa shape index (κ2) is 8.66. The number of hydrogen-bond acceptors (Lipinski definition) is 6. The van der Waals surface area contributed by atoms with E-state index in [2.05, 4.69) is 10.1 Å². The quantitative estimate of drug-likeness (QED) is 0.479. The van der Waals surface area contributed by atoms with Crippen LogP contribution in [0.5, 0.6) is 5.75 Å². The van der Waals surface area contributed by atoms with E-state index in [0.717, 1.165) is 0 Å². The van der Waals surface area contributed by atoms with Gasteiger partial charge in [-0.05, 0) is 47.7 Å². The molecule has 8 nitrogen and oxygen atoms in total. The van der Waals surface area contributed by atoms with Gasteiger partial charge in [-0.3, -0.25) is 4.79 Å². The number of carbonyl (C=O) groups excluding carboxylic acids is 1. The number of benzene rings is 1. The van der Waals surface area contributed by atoms with Crippen LogP contribution in [0.4, 0.5) is 10.1 Å². The number of amides is 1. The lowest BCUT2D eigenvalue weighted by Crippen LogP contribution is -2.55. The lowest BCUT2D eigenvalue weighted by Gasteiger charge is -2.41. The highest BCUT2D eigenvalue weighted by molar-refractivity contribution is 14.1. The van der Waals surface area contributed by atoms with Crippen molar-refractivity contribution in [2.24, 2.45) is 0 Å². The number of piperazine rings is 1. The minimum absolute atomic E-state index is 0.00868. The fraction of sp³-hybridized carbons (Fsp3) is 0.333. The third kappa shape index (κ3) is 4.01. The summed E-state index contributed by atoms with van der Waals surface area (Å²) in [5.74, 6) is 0.192. The Kier molecular flexibility index (Phi) is 5.95. The van der Waals surface area contributed by atoms with E-state index >= 15 is 0 Å². The maximum atomic E-state index is 14.6. The molecule has 1 aliphatic rings. The van der Waals surface area contributed by atoms with E-state index in [1.54, 1.807) is 36.4 Å². The standard InChI is InChI=1S/C21H20FIN6O2/c1-13-11-27(18-9-19(31-2)16(23)8-15(18)22)6-7-28(13)20(30)12-29-21-14(4-3-5-25-21)17(10-24)26-29/h3-5,8-9,13H,6-7,11-12H2,1-2H3/t13-/m0/s1. The van der Waals surface area contributed by atoms with E-state index in [1.165, 1.54) is 10.7 Å². The highest BCUT2D eigenvalue weighted by atomic mass is 127. The Hall–Kier alpha value is -2.94. The second-order valence-electron chi connectivity index (χ2n) is 7.31. The number of nitrogens with zero attached hydrogens (tertiary/aromatic N) is 6. The summed E-state index contributed by atoms with van der Waals surface area (Å²) in [5.41, 5.74) is 1.22. The van der Waals surface area contributed by atoms with Crippen molar-refractivity contribution in [3.8, 4) is 11.8 Å². The van der Waals surface area contributed by atoms with Gasteiger partial charge in [-0.1, -0.05) is 0 Å². The van der Waals surface area contributed by atoms with Crippen LogP contribution in [0.1, 0.15) is 12.6 Å². The lowest BCUT2D eigenvalue weighted by atomic mass is 10.1. The van der Waals surface area contributed by atoms with Gasteiger partial charge in [-0.15, -0.1) is 0 Å². The van der Waals surface area contributed by atoms with Crippen molar-refractivity contribution in [3.05, 3.63) is 45.5 Å². The van der Waals surface area contributed by atoms with Gasteiger partial charge < -0.3 is 14.5 Å². The van der Waals surface area contributed by atoms with Crippen LogP contribution in [0.15, 0.2) is 30.5 Å². The first-order chi connectivity index (χ1) is 14.9. The molecule has 0 aliphatic carbocycles. The number of rotatable bonds is 4. The summed E-state index contributed by atoms with van der Waals surface area (Å²) < 4.78 is 22.1. The van der Waals surface area contributed by atoms with Gasteiger partial charge in [-0.2, -0.15) is 10.4 Å². The van der Waals surface area contributed by atoms with Crippen LogP contribution in [0.3, 0.4) is 0 Å². The minimum atomic E-state index is -0.310. The molecule has 31 heavy (non-hydrogen) atoms. The first kappa shape index (κ1) is 21.3. The largest absolute Gasteiger partial charge is 0.496 e. The highest BCUT2D eigenvalue weighted by Gasteiger charge is 2.30. The van der Waals surface area contributed by atoms with Crippen molar-refractivity contribution in [2.75, 3.05) is 31.6 Å². The molecule has 160 valence electrons. The van der Waals surface area contributed by atoms with Crippen LogP contribution >= 0.6 is 22.6 Å². The number of carbonyl (C=O) groups is 1. The van der Waals surface area contributed by atoms with E-state index in [4.69, 9.17) is 4.74 Å². The Morgan fingerprint density at radius 2 is 2.23 bits per heavy atom. The number of nitriles is 1. The van der Waals surface area contributed by atoms with Gasteiger partial charge in [0.1, 0.15) is 24.2 Å². The van der Waals surface area contributed by atoms with E-state index in [1.807, 2.05) is 40.5 Å². The average molecular weight is 534 g/mol. The van der Waals surface area contributed by atoms with E-state index in [-0.39, 0.29) is 30.0 Å². The molecular formula is C21H20FIN6O2. The fourth-order valence-corrected chi connectivity index (χ4v) is 4.53. The third-order valence-corrected chi connectivity index (χ3v) is 6.25. The van der Waals surface area contributed by atoms with Crippen molar-refractivity contribution in [3.63, 3.8) is 0 Å². The fourth-order valence-electron chi connectivity index (χ4n) is 3.89. The molecule has 1 amide bonds. The Bertz CT molecular complexity index is 1190. The number of pyridine rings is 1. The lowest BCUT2D eigenvalue weighted by molar-refractivity contribution is -0.134. The SMILES string of the molecule is COc1cc(N2CCN(C(=O)Cn3nc(C#N)c4cccnc43)[C@@H](C)C2)c(F)cc1I. The molecule has 3 aromatic rings. The predicted molar refractivity (Wildman–Crippen MR) is 121 cm³/mol. The maximum absolute atomic E-state index is 14.6. The molecule has 3 heterocycles.